The summed E-state index contributed by atoms with van der Waals surface area (Å²) in [7, 11) is 6.22. The number of hydrogen-bond donors (Lipinski definition) is 3. The normalized spacial score (nSPS) is 21.4. The molecule has 0 aromatic heterocycles. The van der Waals surface area contributed by atoms with Crippen molar-refractivity contribution in [3.63, 3.8) is 0 Å². The van der Waals surface area contributed by atoms with Gasteiger partial charge < -0.3 is 31.0 Å². The van der Waals surface area contributed by atoms with Crippen LogP contribution in [0.1, 0.15) is 39.3 Å². The van der Waals surface area contributed by atoms with Gasteiger partial charge in [0, 0.05) is 31.5 Å². The molecule has 222 valence electrons. The van der Waals surface area contributed by atoms with E-state index in [-0.39, 0.29) is 41.5 Å². The van der Waals surface area contributed by atoms with Crippen LogP contribution in [0, 0.1) is 11.7 Å². The number of carbonyl (C=O) groups excluding carboxylic acids is 2. The summed E-state index contributed by atoms with van der Waals surface area (Å²) in [5, 5.41) is 4.95. The molecule has 0 amide bonds. The van der Waals surface area contributed by atoms with E-state index >= 15 is 0 Å². The molecule has 41 heavy (non-hydrogen) atoms. The fourth-order valence-corrected chi connectivity index (χ4v) is 5.01. The second-order valence-electron chi connectivity index (χ2n) is 10.2. The Balaban J connectivity index is 1.92. The summed E-state index contributed by atoms with van der Waals surface area (Å²) in [5.74, 6) is -0.948. The van der Waals surface area contributed by atoms with Gasteiger partial charge in [0.15, 0.2) is 0 Å². The number of halogens is 1. The van der Waals surface area contributed by atoms with Crippen LogP contribution in [0.2, 0.25) is 0 Å². The molecule has 4 unspecified atom stereocenters. The van der Waals surface area contributed by atoms with Crippen molar-refractivity contribution >= 4 is 42.8 Å². The van der Waals surface area contributed by atoms with Crippen LogP contribution in [0.4, 0.5) is 4.39 Å². The zero-order valence-corrected chi connectivity index (χ0v) is 24.8. The summed E-state index contributed by atoms with van der Waals surface area (Å²) < 4.78 is 30.6. The van der Waals surface area contributed by atoms with Gasteiger partial charge in [-0.05, 0) is 42.9 Å². The number of benzene rings is 1. The molecule has 0 aliphatic carbocycles. The first-order valence-electron chi connectivity index (χ1n) is 13.6. The van der Waals surface area contributed by atoms with Crippen LogP contribution in [0.5, 0.6) is 0 Å². The first-order valence-corrected chi connectivity index (χ1v) is 14.6. The molecule has 13 heteroatoms. The van der Waals surface area contributed by atoms with Gasteiger partial charge in [0.1, 0.15) is 44.3 Å². The van der Waals surface area contributed by atoms with Gasteiger partial charge in [-0.3, -0.25) is 14.7 Å². The number of carbonyl (C=O) groups is 2. The van der Waals surface area contributed by atoms with Crippen LogP contribution < -0.4 is 22.2 Å². The summed E-state index contributed by atoms with van der Waals surface area (Å²) in [6.45, 7) is 9.37. The third-order valence-corrected chi connectivity index (χ3v) is 7.68. The van der Waals surface area contributed by atoms with Crippen molar-refractivity contribution in [1.82, 2.24) is 10.2 Å². The Hall–Kier alpha value is -2.87. The second kappa shape index (κ2) is 15.4. The number of nitrogens with two attached hydrogens (primary N) is 2. The number of hydrogen-bond acceptors (Lipinski definition) is 11. The Morgan fingerprint density at radius 1 is 1.34 bits per heavy atom. The van der Waals surface area contributed by atoms with Crippen LogP contribution in [0.3, 0.4) is 0 Å². The van der Waals surface area contributed by atoms with Crippen molar-refractivity contribution in [3.05, 3.63) is 52.5 Å². The lowest BCUT2D eigenvalue weighted by atomic mass is 9.83. The highest BCUT2D eigenvalue weighted by Gasteiger charge is 2.35. The lowest BCUT2D eigenvalue weighted by Crippen LogP contribution is -2.49. The highest BCUT2D eigenvalue weighted by molar-refractivity contribution is 8.03. The van der Waals surface area contributed by atoms with E-state index in [2.05, 4.69) is 10.2 Å². The molecule has 2 heterocycles. The number of amidine groups is 1. The van der Waals surface area contributed by atoms with E-state index in [9.17, 15) is 14.0 Å². The summed E-state index contributed by atoms with van der Waals surface area (Å²) in [5.41, 5.74) is 13.0. The van der Waals surface area contributed by atoms with E-state index < -0.39 is 29.8 Å². The van der Waals surface area contributed by atoms with Gasteiger partial charge in [0.05, 0.1) is 24.0 Å². The number of morpholine rings is 1. The molecule has 0 bridgehead atoms. The fraction of sp³-hybridized carbons (Fsp3) is 0.536. The maximum absolute atomic E-state index is 13.9. The predicted molar refractivity (Wildman–Crippen MR) is 159 cm³/mol. The molecule has 1 aromatic rings. The maximum Gasteiger partial charge on any atom is 0.338 e. The summed E-state index contributed by atoms with van der Waals surface area (Å²) in [6, 6.07) is 2.52. The Morgan fingerprint density at radius 2 is 2.10 bits per heavy atom. The van der Waals surface area contributed by atoms with Crippen LogP contribution >= 0.6 is 11.8 Å². The van der Waals surface area contributed by atoms with Gasteiger partial charge >= 0.3 is 11.9 Å². The number of nitrogens with one attached hydrogen (secondary N) is 1. The monoisotopic (exact) mass is 587 g/mol. The molecule has 2 radical (unpaired) electrons. The van der Waals surface area contributed by atoms with E-state index in [1.807, 2.05) is 20.8 Å². The van der Waals surface area contributed by atoms with Crippen LogP contribution in [0.15, 0.2) is 46.1 Å². The van der Waals surface area contributed by atoms with Crippen molar-refractivity contribution in [3.8, 4) is 0 Å². The molecular formula is C28H39BFN5O5S. The average Bonchev–Trinajstić information content (AvgIpc) is 2.94. The van der Waals surface area contributed by atoms with Gasteiger partial charge in [0.25, 0.3) is 0 Å². The third kappa shape index (κ3) is 8.81. The summed E-state index contributed by atoms with van der Waals surface area (Å²) >= 11 is 1.45. The highest BCUT2D eigenvalue weighted by Crippen LogP contribution is 2.33. The number of thioether (sulfide) groups is 1. The Morgan fingerprint density at radius 3 is 2.76 bits per heavy atom. The van der Waals surface area contributed by atoms with E-state index in [0.29, 0.717) is 43.3 Å². The highest BCUT2D eigenvalue weighted by atomic mass is 32.2. The van der Waals surface area contributed by atoms with E-state index in [1.165, 1.54) is 36.2 Å². The third-order valence-electron chi connectivity index (χ3n) is 6.74. The summed E-state index contributed by atoms with van der Waals surface area (Å²) in [6.07, 6.45) is 1.07. The first-order chi connectivity index (χ1) is 19.5. The minimum absolute atomic E-state index is 0.0447. The smallest absolute Gasteiger partial charge is 0.338 e. The van der Waals surface area contributed by atoms with Crippen LogP contribution in [-0.4, -0.2) is 87.4 Å². The minimum atomic E-state index is -0.818. The zero-order chi connectivity index (χ0) is 30.1. The largest absolute Gasteiger partial charge is 0.463 e. The molecule has 1 saturated heterocycles. The number of ether oxygens (including phenoxy) is 3. The molecule has 2 aliphatic heterocycles. The quantitative estimate of drug-likeness (QED) is 0.242. The Kier molecular flexibility index (Phi) is 12.3. The lowest BCUT2D eigenvalue weighted by molar-refractivity contribution is -0.153. The van der Waals surface area contributed by atoms with Gasteiger partial charge in [-0.15, -0.1) is 11.8 Å². The molecule has 1 fully saturated rings. The number of nitrogens with zero attached hydrogens (tertiary/aromatic N) is 2. The number of esters is 2. The van der Waals surface area contributed by atoms with Crippen LogP contribution in [0.25, 0.3) is 0 Å². The van der Waals surface area contributed by atoms with Gasteiger partial charge in [-0.2, -0.15) is 0 Å². The van der Waals surface area contributed by atoms with Gasteiger partial charge in [-0.25, -0.2) is 9.18 Å². The van der Waals surface area contributed by atoms with E-state index in [4.69, 9.17) is 38.5 Å². The first kappa shape index (κ1) is 32.6. The van der Waals surface area contributed by atoms with E-state index in [1.54, 1.807) is 12.3 Å². The number of aliphatic imine (C=N–C) groups is 1. The SMILES string of the molecule is [B]c1cc(F)ccc1C1N=C(C(C)S/C=C\N)NC(CN2CCOC(COC(=O)C(N)C(C)C)C2)=C1C(=O)OCC. The zero-order valence-electron chi connectivity index (χ0n) is 24.0. The Labute approximate surface area is 246 Å². The standard InChI is InChI=1S/C28H39BFN5O5S/c1-5-38-27(36)23-22(14-35-9-10-39-19(13-35)15-40-28(37)24(32)16(2)3)33-26(17(4)41-11-8-31)34-25(23)20-7-6-18(30)12-21(20)29/h6-8,11-12,16-17,19,24-25H,5,9-10,13-15,31-32H2,1-4H3,(H,33,34)/b11-8-. The van der Waals surface area contributed by atoms with Crippen LogP contribution in [-0.2, 0) is 23.8 Å². The Bertz CT molecular complexity index is 1180. The molecule has 5 N–H and O–H groups in total. The van der Waals surface area contributed by atoms with Crippen molar-refractivity contribution < 1.29 is 28.2 Å². The second-order valence-corrected chi connectivity index (χ2v) is 11.4. The fourth-order valence-electron chi connectivity index (χ4n) is 4.44. The molecule has 1 aromatic carbocycles. The molecular weight excluding hydrogens is 548 g/mol. The molecule has 0 spiro atoms. The van der Waals surface area contributed by atoms with E-state index in [0.717, 1.165) is 0 Å². The topological polar surface area (TPSA) is 142 Å². The minimum Gasteiger partial charge on any atom is -0.463 e. The molecule has 10 nitrogen and oxygen atoms in total. The number of rotatable bonds is 12. The van der Waals surface area contributed by atoms with Gasteiger partial charge in [-0.1, -0.05) is 25.4 Å². The maximum atomic E-state index is 13.9. The molecule has 3 rings (SSSR count). The summed E-state index contributed by atoms with van der Waals surface area (Å²) in [4.78, 5) is 32.6. The van der Waals surface area contributed by atoms with Crippen molar-refractivity contribution in [1.29, 1.82) is 0 Å². The van der Waals surface area contributed by atoms with Crippen molar-refractivity contribution in [2.24, 2.45) is 22.4 Å². The lowest BCUT2D eigenvalue weighted by Gasteiger charge is -2.36. The van der Waals surface area contributed by atoms with Gasteiger partial charge in [0.2, 0.25) is 0 Å². The molecule has 2 aliphatic rings. The van der Waals surface area contributed by atoms with Crippen molar-refractivity contribution in [2.75, 3.05) is 39.5 Å². The molecule has 4 atom stereocenters. The predicted octanol–water partition coefficient (Wildman–Crippen LogP) is 1.26. The van der Waals surface area contributed by atoms with Crippen molar-refractivity contribution in [2.45, 2.75) is 51.1 Å². The molecule has 0 saturated carbocycles. The average molecular weight is 588 g/mol.